The summed E-state index contributed by atoms with van der Waals surface area (Å²) in [6, 6.07) is 3.81. The van der Waals surface area contributed by atoms with E-state index in [2.05, 4.69) is 0 Å². The van der Waals surface area contributed by atoms with Crippen molar-refractivity contribution < 1.29 is 14.3 Å². The Morgan fingerprint density at radius 3 is 3.14 bits per heavy atom. The molecular formula is C11H16O3. The highest BCUT2D eigenvalue weighted by atomic mass is 16.5. The van der Waals surface area contributed by atoms with Gasteiger partial charge in [-0.1, -0.05) is 0 Å². The van der Waals surface area contributed by atoms with Crippen molar-refractivity contribution in [2.75, 3.05) is 6.61 Å². The summed E-state index contributed by atoms with van der Waals surface area (Å²) in [4.78, 5) is 0. The maximum atomic E-state index is 9.56. The molecule has 3 heteroatoms. The molecule has 2 unspecified atom stereocenters. The molecule has 1 fully saturated rings. The summed E-state index contributed by atoms with van der Waals surface area (Å²) in [7, 11) is 0. The maximum absolute atomic E-state index is 9.56. The smallest absolute Gasteiger partial charge is 0.106 e. The molecular weight excluding hydrogens is 180 g/mol. The van der Waals surface area contributed by atoms with Crippen molar-refractivity contribution in [3.05, 3.63) is 24.2 Å². The van der Waals surface area contributed by atoms with Crippen LogP contribution < -0.4 is 0 Å². The third-order valence-electron chi connectivity index (χ3n) is 2.70. The lowest BCUT2D eigenvalue weighted by atomic mass is 9.90. The first kappa shape index (κ1) is 9.74. The summed E-state index contributed by atoms with van der Waals surface area (Å²) in [5.74, 6) is 0.918. The molecule has 3 nitrogen and oxygen atoms in total. The Balaban J connectivity index is 2.01. The summed E-state index contributed by atoms with van der Waals surface area (Å²) in [6.07, 6.45) is 3.60. The number of rotatable bonds is 2. The van der Waals surface area contributed by atoms with Crippen LogP contribution in [-0.2, 0) is 11.2 Å². The van der Waals surface area contributed by atoms with E-state index in [0.717, 1.165) is 18.6 Å². The lowest BCUT2D eigenvalue weighted by molar-refractivity contribution is -0.108. The monoisotopic (exact) mass is 196 g/mol. The highest BCUT2D eigenvalue weighted by Gasteiger charge is 2.33. The number of aliphatic hydroxyl groups excluding tert-OH is 1. The predicted molar refractivity (Wildman–Crippen MR) is 52.0 cm³/mol. The zero-order valence-corrected chi connectivity index (χ0v) is 8.40. The first-order chi connectivity index (χ1) is 6.68. The zero-order valence-electron chi connectivity index (χ0n) is 8.40. The van der Waals surface area contributed by atoms with E-state index in [9.17, 15) is 5.11 Å². The molecule has 1 aromatic heterocycles. The van der Waals surface area contributed by atoms with Crippen LogP contribution in [0.1, 0.15) is 25.5 Å². The minimum atomic E-state index is -0.268. The van der Waals surface area contributed by atoms with E-state index in [1.165, 1.54) is 0 Å². The Morgan fingerprint density at radius 1 is 1.64 bits per heavy atom. The molecule has 0 aromatic carbocycles. The lowest BCUT2D eigenvalue weighted by Crippen LogP contribution is -2.40. The van der Waals surface area contributed by atoms with Crippen molar-refractivity contribution in [2.45, 2.75) is 37.9 Å². The van der Waals surface area contributed by atoms with Crippen LogP contribution in [0.2, 0.25) is 0 Å². The SMILES string of the molecule is CC1(Cc2ccco2)CC(O)CCO1. The molecule has 1 aliphatic heterocycles. The molecule has 0 saturated carbocycles. The van der Waals surface area contributed by atoms with Crippen LogP contribution in [0, 0.1) is 0 Å². The second-order valence-electron chi connectivity index (χ2n) is 4.20. The molecule has 14 heavy (non-hydrogen) atoms. The van der Waals surface area contributed by atoms with Gasteiger partial charge in [0.25, 0.3) is 0 Å². The van der Waals surface area contributed by atoms with Gasteiger partial charge >= 0.3 is 0 Å². The summed E-state index contributed by atoms with van der Waals surface area (Å²) in [5.41, 5.74) is -0.268. The van der Waals surface area contributed by atoms with E-state index >= 15 is 0 Å². The van der Waals surface area contributed by atoms with Gasteiger partial charge in [-0.05, 0) is 25.5 Å². The van der Waals surface area contributed by atoms with E-state index in [-0.39, 0.29) is 11.7 Å². The van der Waals surface area contributed by atoms with Gasteiger partial charge in [-0.2, -0.15) is 0 Å². The minimum absolute atomic E-state index is 0.233. The van der Waals surface area contributed by atoms with E-state index in [1.807, 2.05) is 19.1 Å². The number of furan rings is 1. The average molecular weight is 196 g/mol. The summed E-state index contributed by atoms with van der Waals surface area (Å²) >= 11 is 0. The standard InChI is InChI=1S/C11H16O3/c1-11(7-9(12)4-6-14-11)8-10-3-2-5-13-10/h2-3,5,9,12H,4,6-8H2,1H3. The highest BCUT2D eigenvalue weighted by Crippen LogP contribution is 2.28. The van der Waals surface area contributed by atoms with Crippen molar-refractivity contribution in [1.82, 2.24) is 0 Å². The molecule has 0 bridgehead atoms. The Labute approximate surface area is 83.7 Å². The average Bonchev–Trinajstić information content (AvgIpc) is 2.55. The van der Waals surface area contributed by atoms with Crippen molar-refractivity contribution in [1.29, 1.82) is 0 Å². The molecule has 0 radical (unpaired) electrons. The van der Waals surface area contributed by atoms with Gasteiger partial charge in [0.1, 0.15) is 5.76 Å². The zero-order chi connectivity index (χ0) is 10.0. The molecule has 1 aromatic rings. The van der Waals surface area contributed by atoms with Crippen LogP contribution >= 0.6 is 0 Å². The first-order valence-electron chi connectivity index (χ1n) is 5.02. The maximum Gasteiger partial charge on any atom is 0.106 e. The van der Waals surface area contributed by atoms with Crippen LogP contribution in [0.5, 0.6) is 0 Å². The van der Waals surface area contributed by atoms with Crippen LogP contribution in [-0.4, -0.2) is 23.4 Å². The molecule has 1 saturated heterocycles. The fraction of sp³-hybridized carbons (Fsp3) is 0.636. The van der Waals surface area contributed by atoms with Crippen LogP contribution in [0.25, 0.3) is 0 Å². The van der Waals surface area contributed by atoms with Crippen LogP contribution in [0.3, 0.4) is 0 Å². The third kappa shape index (κ3) is 2.16. The van der Waals surface area contributed by atoms with Gasteiger partial charge in [-0.15, -0.1) is 0 Å². The Hall–Kier alpha value is -0.800. The number of hydrogen-bond acceptors (Lipinski definition) is 3. The number of hydrogen-bond donors (Lipinski definition) is 1. The number of aliphatic hydroxyl groups is 1. The van der Waals surface area contributed by atoms with Crippen LogP contribution in [0.4, 0.5) is 0 Å². The van der Waals surface area contributed by atoms with Gasteiger partial charge in [-0.3, -0.25) is 0 Å². The number of ether oxygens (including phenoxy) is 1. The largest absolute Gasteiger partial charge is 0.469 e. The quantitative estimate of drug-likeness (QED) is 0.783. The lowest BCUT2D eigenvalue weighted by Gasteiger charge is -2.35. The Morgan fingerprint density at radius 2 is 2.50 bits per heavy atom. The summed E-state index contributed by atoms with van der Waals surface area (Å²) < 4.78 is 11.0. The molecule has 0 spiro atoms. The molecule has 78 valence electrons. The van der Waals surface area contributed by atoms with Gasteiger partial charge in [0.15, 0.2) is 0 Å². The second-order valence-corrected chi connectivity index (χ2v) is 4.20. The van der Waals surface area contributed by atoms with Gasteiger partial charge in [0.2, 0.25) is 0 Å². The fourth-order valence-corrected chi connectivity index (χ4v) is 2.01. The second kappa shape index (κ2) is 3.75. The molecule has 2 heterocycles. The van der Waals surface area contributed by atoms with E-state index in [0.29, 0.717) is 13.0 Å². The highest BCUT2D eigenvalue weighted by molar-refractivity contribution is 5.03. The van der Waals surface area contributed by atoms with Gasteiger partial charge in [0, 0.05) is 19.4 Å². The van der Waals surface area contributed by atoms with Crippen molar-refractivity contribution >= 4 is 0 Å². The predicted octanol–water partition coefficient (Wildman–Crippen LogP) is 1.75. The van der Waals surface area contributed by atoms with Crippen molar-refractivity contribution in [3.63, 3.8) is 0 Å². The Bertz CT molecular complexity index is 281. The summed E-state index contributed by atoms with van der Waals surface area (Å²) in [5, 5.41) is 9.56. The fourth-order valence-electron chi connectivity index (χ4n) is 2.01. The first-order valence-corrected chi connectivity index (χ1v) is 5.02. The van der Waals surface area contributed by atoms with Crippen molar-refractivity contribution in [2.24, 2.45) is 0 Å². The van der Waals surface area contributed by atoms with E-state index in [4.69, 9.17) is 9.15 Å². The normalized spacial score (nSPS) is 33.1. The molecule has 2 atom stereocenters. The van der Waals surface area contributed by atoms with E-state index in [1.54, 1.807) is 6.26 Å². The van der Waals surface area contributed by atoms with Crippen molar-refractivity contribution in [3.8, 4) is 0 Å². The topological polar surface area (TPSA) is 42.6 Å². The van der Waals surface area contributed by atoms with Crippen LogP contribution in [0.15, 0.2) is 22.8 Å². The molecule has 1 N–H and O–H groups in total. The van der Waals surface area contributed by atoms with Gasteiger partial charge in [-0.25, -0.2) is 0 Å². The van der Waals surface area contributed by atoms with Gasteiger partial charge < -0.3 is 14.3 Å². The molecule has 1 aliphatic rings. The molecule has 0 amide bonds. The van der Waals surface area contributed by atoms with Gasteiger partial charge in [0.05, 0.1) is 18.0 Å². The minimum Gasteiger partial charge on any atom is -0.469 e. The summed E-state index contributed by atoms with van der Waals surface area (Å²) in [6.45, 7) is 2.66. The molecule has 0 aliphatic carbocycles. The molecule has 2 rings (SSSR count). The third-order valence-corrected chi connectivity index (χ3v) is 2.70. The van der Waals surface area contributed by atoms with E-state index < -0.39 is 0 Å². The Kier molecular flexibility index (Phi) is 2.61.